The van der Waals surface area contributed by atoms with Gasteiger partial charge in [0.2, 0.25) is 0 Å². The first-order valence-corrected chi connectivity index (χ1v) is 6.86. The molecule has 1 heterocycles. The van der Waals surface area contributed by atoms with Crippen molar-refractivity contribution in [2.75, 3.05) is 7.11 Å². The smallest absolute Gasteiger partial charge is 0.272 e. The van der Waals surface area contributed by atoms with Crippen LogP contribution in [-0.2, 0) is 6.54 Å². The molecule has 6 nitrogen and oxygen atoms in total. The molecule has 3 rings (SSSR count). The number of H-pyrrole nitrogens is 1. The molecular weight excluding hydrogens is 270 g/mol. The van der Waals surface area contributed by atoms with Gasteiger partial charge in [0.25, 0.3) is 5.91 Å². The fraction of sp³-hybridized carbons (Fsp3) is 0.333. The fourth-order valence-electron chi connectivity index (χ4n) is 2.16. The number of carbonyl (C=O) groups is 1. The molecule has 1 aromatic heterocycles. The van der Waals surface area contributed by atoms with Crippen LogP contribution in [0.25, 0.3) is 0 Å². The highest BCUT2D eigenvalue weighted by molar-refractivity contribution is 5.92. The van der Waals surface area contributed by atoms with E-state index in [1.807, 2.05) is 6.07 Å². The van der Waals surface area contributed by atoms with Gasteiger partial charge in [0.15, 0.2) is 11.5 Å². The number of aromatic amines is 1. The van der Waals surface area contributed by atoms with Gasteiger partial charge in [0.05, 0.1) is 7.11 Å². The van der Waals surface area contributed by atoms with Crippen LogP contribution in [0, 0.1) is 0 Å². The molecule has 6 heteroatoms. The summed E-state index contributed by atoms with van der Waals surface area (Å²) in [6, 6.07) is 6.78. The molecule has 0 unspecified atom stereocenters. The van der Waals surface area contributed by atoms with Crippen LogP contribution in [0.5, 0.6) is 11.5 Å². The number of amides is 1. The molecule has 1 saturated carbocycles. The Morgan fingerprint density at radius 3 is 3.00 bits per heavy atom. The SMILES string of the molecule is COc1cc(CNC(=O)c2cc(C3CC3)[nH]n2)ccc1O. The molecule has 0 aliphatic heterocycles. The summed E-state index contributed by atoms with van der Waals surface area (Å²) in [4.78, 5) is 12.0. The molecule has 1 aromatic carbocycles. The van der Waals surface area contributed by atoms with Gasteiger partial charge in [0, 0.05) is 18.2 Å². The Balaban J connectivity index is 1.62. The summed E-state index contributed by atoms with van der Waals surface area (Å²) in [7, 11) is 1.49. The van der Waals surface area contributed by atoms with Crippen molar-refractivity contribution in [3.05, 3.63) is 41.2 Å². The summed E-state index contributed by atoms with van der Waals surface area (Å²) in [5, 5.41) is 19.3. The second-order valence-electron chi connectivity index (χ2n) is 5.17. The van der Waals surface area contributed by atoms with Gasteiger partial charge in [-0.25, -0.2) is 0 Å². The first-order valence-electron chi connectivity index (χ1n) is 6.86. The Bertz CT molecular complexity index is 662. The molecule has 1 amide bonds. The van der Waals surface area contributed by atoms with E-state index in [4.69, 9.17) is 4.74 Å². The molecule has 0 saturated heterocycles. The minimum absolute atomic E-state index is 0.0777. The van der Waals surface area contributed by atoms with Crippen molar-refractivity contribution in [1.29, 1.82) is 0 Å². The second kappa shape index (κ2) is 5.47. The summed E-state index contributed by atoms with van der Waals surface area (Å²) in [6.45, 7) is 0.348. The molecule has 0 atom stereocenters. The Labute approximate surface area is 122 Å². The molecule has 0 radical (unpaired) electrons. The summed E-state index contributed by atoms with van der Waals surface area (Å²) < 4.78 is 5.03. The number of aromatic hydroxyl groups is 1. The van der Waals surface area contributed by atoms with Gasteiger partial charge >= 0.3 is 0 Å². The topological polar surface area (TPSA) is 87.2 Å². The Kier molecular flexibility index (Phi) is 3.51. The average molecular weight is 287 g/mol. The minimum Gasteiger partial charge on any atom is -0.504 e. The Hall–Kier alpha value is -2.50. The predicted octanol–water partition coefficient (Wildman–Crippen LogP) is 1.93. The molecule has 1 fully saturated rings. The van der Waals surface area contributed by atoms with Crippen LogP contribution in [-0.4, -0.2) is 28.3 Å². The van der Waals surface area contributed by atoms with Crippen LogP contribution >= 0.6 is 0 Å². The largest absolute Gasteiger partial charge is 0.504 e. The summed E-state index contributed by atoms with van der Waals surface area (Å²) >= 11 is 0. The van der Waals surface area contributed by atoms with Crippen LogP contribution in [0.3, 0.4) is 0 Å². The van der Waals surface area contributed by atoms with E-state index in [2.05, 4.69) is 15.5 Å². The third-order valence-electron chi connectivity index (χ3n) is 3.54. The third-order valence-corrected chi connectivity index (χ3v) is 3.54. The normalized spacial score (nSPS) is 14.0. The summed E-state index contributed by atoms with van der Waals surface area (Å²) in [5.41, 5.74) is 2.28. The van der Waals surface area contributed by atoms with Gasteiger partial charge in [-0.05, 0) is 36.6 Å². The first kappa shape index (κ1) is 13.5. The van der Waals surface area contributed by atoms with E-state index >= 15 is 0 Å². The zero-order valence-electron chi connectivity index (χ0n) is 11.7. The molecule has 1 aliphatic carbocycles. The van der Waals surface area contributed by atoms with E-state index < -0.39 is 0 Å². The van der Waals surface area contributed by atoms with Gasteiger partial charge < -0.3 is 15.2 Å². The second-order valence-corrected chi connectivity index (χ2v) is 5.17. The average Bonchev–Trinajstić information content (AvgIpc) is 3.23. The number of carbonyl (C=O) groups excluding carboxylic acids is 1. The van der Waals surface area contributed by atoms with Crippen molar-refractivity contribution < 1.29 is 14.6 Å². The van der Waals surface area contributed by atoms with Crippen molar-refractivity contribution >= 4 is 5.91 Å². The number of ether oxygens (including phenoxy) is 1. The van der Waals surface area contributed by atoms with E-state index in [0.717, 1.165) is 24.1 Å². The number of methoxy groups -OCH3 is 1. The van der Waals surface area contributed by atoms with Crippen LogP contribution in [0.15, 0.2) is 24.3 Å². The van der Waals surface area contributed by atoms with Crippen molar-refractivity contribution in [1.82, 2.24) is 15.5 Å². The number of phenols is 1. The van der Waals surface area contributed by atoms with Crippen LogP contribution < -0.4 is 10.1 Å². The van der Waals surface area contributed by atoms with Crippen LogP contribution in [0.1, 0.15) is 40.5 Å². The lowest BCUT2D eigenvalue weighted by molar-refractivity contribution is 0.0946. The zero-order chi connectivity index (χ0) is 14.8. The highest BCUT2D eigenvalue weighted by Gasteiger charge is 2.26. The standard InChI is InChI=1S/C15H17N3O3/c1-21-14-6-9(2-5-13(14)19)8-16-15(20)12-7-11(17-18-12)10-3-4-10/h2,5-7,10,19H,3-4,8H2,1H3,(H,16,20)(H,17,18). The number of nitrogens with zero attached hydrogens (tertiary/aromatic N) is 1. The predicted molar refractivity (Wildman–Crippen MR) is 76.4 cm³/mol. The summed E-state index contributed by atoms with van der Waals surface area (Å²) in [5.74, 6) is 0.789. The van der Waals surface area contributed by atoms with Gasteiger partial charge in [-0.2, -0.15) is 5.10 Å². The Morgan fingerprint density at radius 2 is 2.29 bits per heavy atom. The van der Waals surface area contributed by atoms with Crippen molar-refractivity contribution in [3.8, 4) is 11.5 Å². The van der Waals surface area contributed by atoms with Crippen LogP contribution in [0.2, 0.25) is 0 Å². The first-order chi connectivity index (χ1) is 10.2. The van der Waals surface area contributed by atoms with E-state index in [0.29, 0.717) is 23.9 Å². The van der Waals surface area contributed by atoms with Gasteiger partial charge in [-0.15, -0.1) is 0 Å². The number of benzene rings is 1. The lowest BCUT2D eigenvalue weighted by atomic mass is 10.2. The van der Waals surface area contributed by atoms with Crippen LogP contribution in [0.4, 0.5) is 0 Å². The molecule has 2 aromatic rings. The molecule has 110 valence electrons. The van der Waals surface area contributed by atoms with E-state index in [1.165, 1.54) is 7.11 Å². The number of nitrogens with one attached hydrogen (secondary N) is 2. The highest BCUT2D eigenvalue weighted by atomic mass is 16.5. The maximum absolute atomic E-state index is 12.0. The maximum Gasteiger partial charge on any atom is 0.272 e. The fourth-order valence-corrected chi connectivity index (χ4v) is 2.16. The lowest BCUT2D eigenvalue weighted by Gasteiger charge is -2.07. The molecule has 0 spiro atoms. The van der Waals surface area contributed by atoms with Gasteiger partial charge in [-0.1, -0.05) is 6.07 Å². The van der Waals surface area contributed by atoms with Crippen molar-refractivity contribution in [2.45, 2.75) is 25.3 Å². The maximum atomic E-state index is 12.0. The van der Waals surface area contributed by atoms with Crippen molar-refractivity contribution in [3.63, 3.8) is 0 Å². The van der Waals surface area contributed by atoms with E-state index in [9.17, 15) is 9.90 Å². The van der Waals surface area contributed by atoms with Gasteiger partial charge in [0.1, 0.15) is 5.69 Å². The third kappa shape index (κ3) is 2.99. The monoisotopic (exact) mass is 287 g/mol. The zero-order valence-corrected chi connectivity index (χ0v) is 11.7. The molecule has 21 heavy (non-hydrogen) atoms. The number of rotatable bonds is 5. The molecule has 1 aliphatic rings. The highest BCUT2D eigenvalue weighted by Crippen LogP contribution is 2.38. The lowest BCUT2D eigenvalue weighted by Crippen LogP contribution is -2.23. The number of hydrogen-bond donors (Lipinski definition) is 3. The number of phenolic OH excluding ortho intramolecular Hbond substituents is 1. The molecule has 0 bridgehead atoms. The molecule has 3 N–H and O–H groups in total. The number of aromatic nitrogens is 2. The van der Waals surface area contributed by atoms with E-state index in [1.54, 1.807) is 18.2 Å². The van der Waals surface area contributed by atoms with E-state index in [-0.39, 0.29) is 11.7 Å². The number of hydrogen-bond acceptors (Lipinski definition) is 4. The van der Waals surface area contributed by atoms with Gasteiger partial charge in [-0.3, -0.25) is 9.89 Å². The minimum atomic E-state index is -0.217. The Morgan fingerprint density at radius 1 is 1.48 bits per heavy atom. The van der Waals surface area contributed by atoms with Crippen molar-refractivity contribution in [2.24, 2.45) is 0 Å². The quantitative estimate of drug-likeness (QED) is 0.784. The molecular formula is C15H17N3O3. The summed E-state index contributed by atoms with van der Waals surface area (Å²) in [6.07, 6.45) is 2.33.